The Balaban J connectivity index is 5.32. The highest BCUT2D eigenvalue weighted by Gasteiger charge is 2.25. The summed E-state index contributed by atoms with van der Waals surface area (Å²) in [5.74, 6) is -0.416. The number of esters is 3. The third kappa shape index (κ3) is 45.1. The van der Waals surface area contributed by atoms with E-state index in [1.54, 1.807) is 4.90 Å². The van der Waals surface area contributed by atoms with Gasteiger partial charge in [0.2, 0.25) is 0 Å². The molecule has 1 atom stereocenters. The van der Waals surface area contributed by atoms with Crippen LogP contribution in [0.5, 0.6) is 0 Å². The number of hydrogen-bond donors (Lipinski definition) is 0. The molecular weight excluding hydrogens is 901 g/mol. The third-order valence-electron chi connectivity index (χ3n) is 14.4. The van der Waals surface area contributed by atoms with Crippen LogP contribution in [0.15, 0.2) is 0 Å². The lowest BCUT2D eigenvalue weighted by atomic mass is 10.0. The molecule has 0 aliphatic rings. The van der Waals surface area contributed by atoms with Crippen LogP contribution < -0.4 is 0 Å². The van der Waals surface area contributed by atoms with Crippen LogP contribution in [0.1, 0.15) is 318 Å². The first-order chi connectivity index (χ1) is 35.0. The molecule has 426 valence electrons. The van der Waals surface area contributed by atoms with Crippen LogP contribution in [-0.4, -0.2) is 91.9 Å². The van der Waals surface area contributed by atoms with Gasteiger partial charge in [-0.1, -0.05) is 189 Å². The summed E-state index contributed by atoms with van der Waals surface area (Å²) in [4.78, 5) is 56.6. The Morgan fingerprint density at radius 1 is 0.319 bits per heavy atom. The molecule has 0 bridgehead atoms. The summed E-state index contributed by atoms with van der Waals surface area (Å²) < 4.78 is 24.3. The molecule has 0 spiro atoms. The van der Waals surface area contributed by atoms with Crippen molar-refractivity contribution in [3.05, 3.63) is 0 Å². The molecule has 1 unspecified atom stereocenters. The number of carbonyl (C=O) groups is 4. The average molecular weight is 1020 g/mol. The largest absolute Gasteiger partial charge is 0.462 e. The molecule has 0 aromatic rings. The highest BCUT2D eigenvalue weighted by atomic mass is 16.6. The van der Waals surface area contributed by atoms with Crippen LogP contribution in [-0.2, 0) is 33.3 Å². The van der Waals surface area contributed by atoms with Gasteiger partial charge in [-0.3, -0.25) is 19.3 Å². The van der Waals surface area contributed by atoms with Crippen LogP contribution in [0.4, 0.5) is 4.79 Å². The van der Waals surface area contributed by atoms with E-state index in [-0.39, 0.29) is 48.9 Å². The molecule has 1 amide bonds. The number of hydrogen-bond acceptors (Lipinski definition) is 9. The normalized spacial score (nSPS) is 12.1. The lowest BCUT2D eigenvalue weighted by Gasteiger charge is -2.26. The Morgan fingerprint density at radius 3 is 0.944 bits per heavy atom. The summed E-state index contributed by atoms with van der Waals surface area (Å²) in [6, 6.07) is 0. The number of nitrogens with zero attached hydrogens (tertiary/aromatic N) is 2. The number of unbranched alkanes of at least 4 members (excludes halogenated alkanes) is 25. The van der Waals surface area contributed by atoms with Gasteiger partial charge in [-0.05, 0) is 136 Å². The van der Waals surface area contributed by atoms with Crippen molar-refractivity contribution in [2.45, 2.75) is 342 Å². The minimum atomic E-state index is -0.418. The molecule has 0 aromatic carbocycles. The van der Waals surface area contributed by atoms with E-state index in [2.05, 4.69) is 46.4 Å². The maximum absolute atomic E-state index is 13.9. The van der Waals surface area contributed by atoms with E-state index < -0.39 is 6.09 Å². The van der Waals surface area contributed by atoms with Gasteiger partial charge in [0.05, 0.1) is 0 Å². The molecule has 0 aromatic heterocycles. The minimum absolute atomic E-state index is 0.0303. The van der Waals surface area contributed by atoms with Crippen molar-refractivity contribution >= 4 is 24.0 Å². The molecule has 0 aliphatic heterocycles. The molecule has 0 fully saturated rings. The van der Waals surface area contributed by atoms with E-state index in [9.17, 15) is 19.2 Å². The monoisotopic (exact) mass is 1020 g/mol. The SMILES string of the molecule is CCCCCCC(CC)OC(=O)CN(CCCN(C)C)C(=O)OC(CCCCCCCCC(=O)OC(CCCCCC)CCCCCC)CCCCCCCCC(=O)OC(CCCCCC)CCCCCC. The Kier molecular flexibility index (Phi) is 50.4. The quantitative estimate of drug-likeness (QED) is 0.0334. The summed E-state index contributed by atoms with van der Waals surface area (Å²) in [5.41, 5.74) is 0. The van der Waals surface area contributed by atoms with Crippen LogP contribution in [0.2, 0.25) is 0 Å². The van der Waals surface area contributed by atoms with Crippen molar-refractivity contribution < 1.29 is 38.1 Å². The first-order valence-corrected chi connectivity index (χ1v) is 31.2. The Hall–Kier alpha value is -2.36. The third-order valence-corrected chi connectivity index (χ3v) is 14.4. The van der Waals surface area contributed by atoms with Crippen molar-refractivity contribution in [1.82, 2.24) is 9.80 Å². The second-order valence-electron chi connectivity index (χ2n) is 21.9. The smallest absolute Gasteiger partial charge is 0.410 e. The summed E-state index contributed by atoms with van der Waals surface area (Å²) in [7, 11) is 4.04. The molecule has 0 heterocycles. The van der Waals surface area contributed by atoms with Gasteiger partial charge < -0.3 is 23.8 Å². The Labute approximate surface area is 446 Å². The van der Waals surface area contributed by atoms with Crippen LogP contribution >= 0.6 is 0 Å². The van der Waals surface area contributed by atoms with E-state index >= 15 is 0 Å². The summed E-state index contributed by atoms with van der Waals surface area (Å²) >= 11 is 0. The summed E-state index contributed by atoms with van der Waals surface area (Å²) in [6.45, 7) is 14.3. The first kappa shape index (κ1) is 69.6. The van der Waals surface area contributed by atoms with Crippen LogP contribution in [0, 0.1) is 0 Å². The van der Waals surface area contributed by atoms with Gasteiger partial charge in [-0.2, -0.15) is 0 Å². The zero-order valence-corrected chi connectivity index (χ0v) is 49.0. The van der Waals surface area contributed by atoms with E-state index in [1.807, 2.05) is 14.1 Å². The van der Waals surface area contributed by atoms with E-state index in [0.29, 0.717) is 19.4 Å². The first-order valence-electron chi connectivity index (χ1n) is 31.2. The molecule has 0 N–H and O–H groups in total. The van der Waals surface area contributed by atoms with E-state index in [1.165, 1.54) is 89.9 Å². The van der Waals surface area contributed by atoms with Gasteiger partial charge >= 0.3 is 24.0 Å². The van der Waals surface area contributed by atoms with Gasteiger partial charge in [0.15, 0.2) is 0 Å². The molecule has 0 rings (SSSR count). The van der Waals surface area contributed by atoms with Crippen molar-refractivity contribution in [3.63, 3.8) is 0 Å². The highest BCUT2D eigenvalue weighted by Crippen LogP contribution is 2.22. The lowest BCUT2D eigenvalue weighted by molar-refractivity contribution is -0.151. The standard InChI is InChI=1S/C62H120N2O8/c1-9-15-20-33-43-55(14-6)69-61(67)54-64(53-42-52-63(7)8)62(68)72-58(48-38-29-25-27-31-40-50-59(65)70-56(44-34-21-16-10-2)45-35-22-17-11-3)49-39-30-26-28-32-41-51-60(66)71-57(46-36-23-18-12-4)47-37-24-19-13-5/h55-58H,9-54H2,1-8H3. The summed E-state index contributed by atoms with van der Waals surface area (Å²) in [6.07, 6.45) is 44.2. The zero-order chi connectivity index (χ0) is 53.1. The van der Waals surface area contributed by atoms with Crippen molar-refractivity contribution in [1.29, 1.82) is 0 Å². The number of rotatable bonds is 54. The molecule has 0 saturated carbocycles. The summed E-state index contributed by atoms with van der Waals surface area (Å²) in [5, 5.41) is 0. The number of carbonyl (C=O) groups excluding carboxylic acids is 4. The van der Waals surface area contributed by atoms with E-state index in [0.717, 1.165) is 180 Å². The maximum atomic E-state index is 13.9. The van der Waals surface area contributed by atoms with Crippen molar-refractivity contribution in [2.24, 2.45) is 0 Å². The van der Waals surface area contributed by atoms with Gasteiger partial charge in [0, 0.05) is 19.4 Å². The minimum Gasteiger partial charge on any atom is -0.462 e. The molecule has 72 heavy (non-hydrogen) atoms. The number of ether oxygens (including phenoxy) is 4. The molecule has 0 saturated heterocycles. The predicted molar refractivity (Wildman–Crippen MR) is 303 cm³/mol. The predicted octanol–water partition coefficient (Wildman–Crippen LogP) is 18.0. The fraction of sp³-hybridized carbons (Fsp3) is 0.935. The topological polar surface area (TPSA) is 112 Å². The second-order valence-corrected chi connectivity index (χ2v) is 21.9. The highest BCUT2D eigenvalue weighted by molar-refractivity contribution is 5.78. The van der Waals surface area contributed by atoms with E-state index in [4.69, 9.17) is 18.9 Å². The van der Waals surface area contributed by atoms with Crippen LogP contribution in [0.3, 0.4) is 0 Å². The van der Waals surface area contributed by atoms with Gasteiger partial charge in [-0.15, -0.1) is 0 Å². The van der Waals surface area contributed by atoms with Crippen molar-refractivity contribution in [2.75, 3.05) is 33.7 Å². The van der Waals surface area contributed by atoms with Crippen LogP contribution in [0.25, 0.3) is 0 Å². The fourth-order valence-electron chi connectivity index (χ4n) is 9.72. The van der Waals surface area contributed by atoms with Gasteiger partial charge in [0.1, 0.15) is 31.0 Å². The van der Waals surface area contributed by atoms with Gasteiger partial charge in [0.25, 0.3) is 0 Å². The van der Waals surface area contributed by atoms with Gasteiger partial charge in [-0.25, -0.2) is 4.79 Å². The number of amides is 1. The molecular formula is C62H120N2O8. The molecule has 10 nitrogen and oxygen atoms in total. The maximum Gasteiger partial charge on any atom is 0.410 e. The molecule has 10 heteroatoms. The lowest BCUT2D eigenvalue weighted by Crippen LogP contribution is -2.40. The molecule has 0 radical (unpaired) electrons. The average Bonchev–Trinajstić information content (AvgIpc) is 3.35. The molecule has 0 aliphatic carbocycles. The Bertz CT molecular complexity index is 1150. The zero-order valence-electron chi connectivity index (χ0n) is 49.0. The Morgan fingerprint density at radius 2 is 0.611 bits per heavy atom. The fourth-order valence-corrected chi connectivity index (χ4v) is 9.72. The van der Waals surface area contributed by atoms with Crippen molar-refractivity contribution in [3.8, 4) is 0 Å². The second kappa shape index (κ2) is 52.1.